The molecule has 2 aromatic carbocycles. The third-order valence-electron chi connectivity index (χ3n) is 4.18. The van der Waals surface area contributed by atoms with E-state index in [-0.39, 0.29) is 23.8 Å². The number of nitro groups is 1. The lowest BCUT2D eigenvalue weighted by Gasteiger charge is -2.15. The molecule has 0 saturated heterocycles. The molecule has 0 spiro atoms. The van der Waals surface area contributed by atoms with Gasteiger partial charge in [-0.1, -0.05) is 50.2 Å². The van der Waals surface area contributed by atoms with Crippen molar-refractivity contribution >= 4 is 11.6 Å². The van der Waals surface area contributed by atoms with Crippen molar-refractivity contribution in [2.75, 3.05) is 6.54 Å². The van der Waals surface area contributed by atoms with E-state index < -0.39 is 10.8 Å². The molecule has 0 aromatic heterocycles. The molecule has 0 heterocycles. The molecule has 1 amide bonds. The van der Waals surface area contributed by atoms with Gasteiger partial charge in [-0.15, -0.1) is 0 Å². The fourth-order valence-electron chi connectivity index (χ4n) is 2.63. The molecule has 1 unspecified atom stereocenters. The van der Waals surface area contributed by atoms with E-state index in [0.717, 1.165) is 5.56 Å². The van der Waals surface area contributed by atoms with E-state index in [2.05, 4.69) is 19.2 Å². The number of carbonyl (C=O) groups excluding carboxylic acids is 1. The minimum atomic E-state index is -0.533. The average molecular weight is 341 g/mol. The third kappa shape index (κ3) is 4.42. The highest BCUT2D eigenvalue weighted by Crippen LogP contribution is 2.23. The Bertz CT molecular complexity index is 770. The van der Waals surface area contributed by atoms with Crippen LogP contribution in [-0.2, 0) is 0 Å². The van der Waals surface area contributed by atoms with Gasteiger partial charge < -0.3 is 11.1 Å². The molecule has 6 heteroatoms. The number of hydrogen-bond acceptors (Lipinski definition) is 4. The van der Waals surface area contributed by atoms with E-state index in [9.17, 15) is 14.9 Å². The van der Waals surface area contributed by atoms with Crippen molar-refractivity contribution in [1.82, 2.24) is 5.32 Å². The van der Waals surface area contributed by atoms with Gasteiger partial charge in [-0.3, -0.25) is 14.9 Å². The van der Waals surface area contributed by atoms with Crippen LogP contribution in [0.2, 0.25) is 0 Å². The van der Waals surface area contributed by atoms with Gasteiger partial charge >= 0.3 is 0 Å². The topological polar surface area (TPSA) is 98.3 Å². The Morgan fingerprint density at radius 1 is 1.16 bits per heavy atom. The first-order valence-electron chi connectivity index (χ1n) is 8.19. The average Bonchev–Trinajstić information content (AvgIpc) is 2.58. The summed E-state index contributed by atoms with van der Waals surface area (Å²) in [6.45, 7) is 6.04. The van der Waals surface area contributed by atoms with Crippen molar-refractivity contribution in [1.29, 1.82) is 0 Å². The van der Waals surface area contributed by atoms with Gasteiger partial charge in [0.25, 0.3) is 11.6 Å². The van der Waals surface area contributed by atoms with Gasteiger partial charge in [0.05, 0.1) is 4.92 Å². The molecule has 0 aliphatic heterocycles. The van der Waals surface area contributed by atoms with Crippen molar-refractivity contribution in [3.05, 3.63) is 74.8 Å². The molecule has 0 bridgehead atoms. The van der Waals surface area contributed by atoms with Crippen LogP contribution < -0.4 is 11.1 Å². The van der Waals surface area contributed by atoms with Crippen LogP contribution in [0.15, 0.2) is 42.5 Å². The number of rotatable bonds is 6. The molecule has 0 aliphatic carbocycles. The lowest BCUT2D eigenvalue weighted by atomic mass is 9.99. The second-order valence-electron chi connectivity index (χ2n) is 6.37. The van der Waals surface area contributed by atoms with Gasteiger partial charge in [0, 0.05) is 18.2 Å². The predicted molar refractivity (Wildman–Crippen MR) is 97.6 cm³/mol. The first kappa shape index (κ1) is 18.6. The highest BCUT2D eigenvalue weighted by atomic mass is 16.6. The number of aryl methyl sites for hydroxylation is 1. The van der Waals surface area contributed by atoms with E-state index in [1.165, 1.54) is 11.6 Å². The SMILES string of the molecule is Cc1cccc(C(=O)NCC(N)c2ccc(C(C)C)cc2)c1[N+](=O)[O-]. The molecule has 0 saturated carbocycles. The number of nitrogens with two attached hydrogens (primary N) is 1. The molecule has 0 fully saturated rings. The monoisotopic (exact) mass is 341 g/mol. The lowest BCUT2D eigenvalue weighted by molar-refractivity contribution is -0.385. The van der Waals surface area contributed by atoms with Crippen LogP contribution in [-0.4, -0.2) is 17.4 Å². The summed E-state index contributed by atoms with van der Waals surface area (Å²) in [5, 5.41) is 13.9. The molecule has 25 heavy (non-hydrogen) atoms. The molecule has 0 radical (unpaired) electrons. The summed E-state index contributed by atoms with van der Waals surface area (Å²) in [6.07, 6.45) is 0. The minimum absolute atomic E-state index is 0.0485. The second-order valence-corrected chi connectivity index (χ2v) is 6.37. The molecule has 0 aliphatic rings. The zero-order chi connectivity index (χ0) is 18.6. The summed E-state index contributed by atoms with van der Waals surface area (Å²) in [5.41, 5.74) is 8.58. The Labute approximate surface area is 147 Å². The zero-order valence-corrected chi connectivity index (χ0v) is 14.7. The van der Waals surface area contributed by atoms with Gasteiger partial charge in [0.2, 0.25) is 0 Å². The Kier molecular flexibility index (Phi) is 5.88. The summed E-state index contributed by atoms with van der Waals surface area (Å²) < 4.78 is 0. The van der Waals surface area contributed by atoms with E-state index in [4.69, 9.17) is 5.73 Å². The van der Waals surface area contributed by atoms with Crippen LogP contribution in [0.4, 0.5) is 5.69 Å². The number of nitrogens with one attached hydrogen (secondary N) is 1. The number of carbonyl (C=O) groups is 1. The Hall–Kier alpha value is -2.73. The third-order valence-corrected chi connectivity index (χ3v) is 4.18. The highest BCUT2D eigenvalue weighted by Gasteiger charge is 2.22. The molecule has 6 nitrogen and oxygen atoms in total. The smallest absolute Gasteiger partial charge is 0.285 e. The molecule has 2 rings (SSSR count). The summed E-state index contributed by atoms with van der Waals surface area (Å²) in [6, 6.07) is 12.2. The van der Waals surface area contributed by atoms with Gasteiger partial charge in [-0.2, -0.15) is 0 Å². The van der Waals surface area contributed by atoms with E-state index >= 15 is 0 Å². The van der Waals surface area contributed by atoms with Crippen LogP contribution in [0, 0.1) is 17.0 Å². The Morgan fingerprint density at radius 3 is 2.32 bits per heavy atom. The number of hydrogen-bond donors (Lipinski definition) is 2. The molecule has 2 aromatic rings. The number of benzene rings is 2. The van der Waals surface area contributed by atoms with Gasteiger partial charge in [0.1, 0.15) is 5.56 Å². The fraction of sp³-hybridized carbons (Fsp3) is 0.316. The highest BCUT2D eigenvalue weighted by molar-refractivity contribution is 5.98. The maximum atomic E-state index is 12.3. The number of nitro benzene ring substituents is 1. The summed E-state index contributed by atoms with van der Waals surface area (Å²) in [4.78, 5) is 23.0. The number of nitrogens with zero attached hydrogens (tertiary/aromatic N) is 1. The summed E-state index contributed by atoms with van der Waals surface area (Å²) in [7, 11) is 0. The Balaban J connectivity index is 2.07. The number of amides is 1. The lowest BCUT2D eigenvalue weighted by Crippen LogP contribution is -2.32. The second kappa shape index (κ2) is 7.90. The maximum absolute atomic E-state index is 12.3. The van der Waals surface area contributed by atoms with Gasteiger partial charge in [-0.05, 0) is 30.0 Å². The molecule has 132 valence electrons. The largest absolute Gasteiger partial charge is 0.350 e. The van der Waals surface area contributed by atoms with Crippen molar-refractivity contribution in [3.8, 4) is 0 Å². The first-order chi connectivity index (χ1) is 11.8. The van der Waals surface area contributed by atoms with Crippen LogP contribution in [0.3, 0.4) is 0 Å². The van der Waals surface area contributed by atoms with Gasteiger partial charge in [-0.25, -0.2) is 0 Å². The van der Waals surface area contributed by atoms with Gasteiger partial charge in [0.15, 0.2) is 0 Å². The molecular formula is C19H23N3O3. The quantitative estimate of drug-likeness (QED) is 0.621. The van der Waals surface area contributed by atoms with Crippen LogP contribution in [0.1, 0.15) is 52.9 Å². The van der Waals surface area contributed by atoms with Crippen molar-refractivity contribution in [2.45, 2.75) is 32.7 Å². The minimum Gasteiger partial charge on any atom is -0.350 e. The van der Waals surface area contributed by atoms with Crippen LogP contribution in [0.5, 0.6) is 0 Å². The normalized spacial score (nSPS) is 12.0. The maximum Gasteiger partial charge on any atom is 0.285 e. The van der Waals surface area contributed by atoms with Crippen LogP contribution >= 0.6 is 0 Å². The van der Waals surface area contributed by atoms with Crippen molar-refractivity contribution < 1.29 is 9.72 Å². The standard InChI is InChI=1S/C19H23N3O3/c1-12(2)14-7-9-15(10-8-14)17(20)11-21-19(23)16-6-4-5-13(3)18(16)22(24)25/h4-10,12,17H,11,20H2,1-3H3,(H,21,23). The number of para-hydroxylation sites is 1. The zero-order valence-electron chi connectivity index (χ0n) is 14.7. The summed E-state index contributed by atoms with van der Waals surface area (Å²) >= 11 is 0. The molecule has 1 atom stereocenters. The fourth-order valence-corrected chi connectivity index (χ4v) is 2.63. The van der Waals surface area contributed by atoms with E-state index in [1.54, 1.807) is 19.1 Å². The van der Waals surface area contributed by atoms with E-state index in [1.807, 2.05) is 24.3 Å². The predicted octanol–water partition coefficient (Wildman–Crippen LogP) is 3.46. The Morgan fingerprint density at radius 2 is 1.76 bits per heavy atom. The molecular weight excluding hydrogens is 318 g/mol. The van der Waals surface area contributed by atoms with Crippen LogP contribution in [0.25, 0.3) is 0 Å². The summed E-state index contributed by atoms with van der Waals surface area (Å²) in [5.74, 6) is -0.0588. The van der Waals surface area contributed by atoms with Crippen molar-refractivity contribution in [2.24, 2.45) is 5.73 Å². The van der Waals surface area contributed by atoms with Crippen molar-refractivity contribution in [3.63, 3.8) is 0 Å². The first-order valence-corrected chi connectivity index (χ1v) is 8.19. The molecule has 3 N–H and O–H groups in total. The van der Waals surface area contributed by atoms with E-state index in [0.29, 0.717) is 11.5 Å².